The van der Waals surface area contributed by atoms with Crippen LogP contribution < -0.4 is 36.5 Å². The van der Waals surface area contributed by atoms with E-state index in [0.29, 0.717) is 81.6 Å². The lowest BCUT2D eigenvalue weighted by molar-refractivity contribution is -0.160. The van der Waals surface area contributed by atoms with Crippen LogP contribution in [0.3, 0.4) is 0 Å². The number of phenolic OH excluding ortho intramolecular Hbond substituents is 3. The number of rotatable bonds is 21. The minimum Gasteiger partial charge on any atom is -0.504 e. The maximum Gasteiger partial charge on any atom is 0.302 e. The van der Waals surface area contributed by atoms with E-state index in [9.17, 15) is 25.2 Å². The van der Waals surface area contributed by atoms with Crippen LogP contribution >= 0.6 is 0 Å². The first kappa shape index (κ1) is 52.0. The summed E-state index contributed by atoms with van der Waals surface area (Å²) in [6.45, 7) is 3.77. The number of pyridine rings is 1. The average Bonchev–Trinajstić information content (AvgIpc) is 4.00. The monoisotopic (exact) mass is 1020 g/mol. The number of H-pyrrole nitrogens is 1. The molecule has 5 aromatic rings. The molecule has 18 heteroatoms. The van der Waals surface area contributed by atoms with Crippen LogP contribution in [-0.2, 0) is 33.5 Å². The van der Waals surface area contributed by atoms with Crippen molar-refractivity contribution in [2.45, 2.75) is 127 Å². The minimum absolute atomic E-state index is 0.0346. The molecule has 4 aliphatic rings. The molecule has 11 N–H and O–H groups in total. The quantitative estimate of drug-likeness (QED) is 0.0212. The van der Waals surface area contributed by atoms with Gasteiger partial charge in [-0.25, -0.2) is 0 Å². The van der Waals surface area contributed by atoms with E-state index >= 15 is 0 Å². The second kappa shape index (κ2) is 24.0. The van der Waals surface area contributed by atoms with Crippen LogP contribution in [0.25, 0.3) is 10.9 Å². The summed E-state index contributed by atoms with van der Waals surface area (Å²) < 4.78 is 27.6. The number of benzene rings is 2. The van der Waals surface area contributed by atoms with Crippen LogP contribution in [0.1, 0.15) is 106 Å². The summed E-state index contributed by atoms with van der Waals surface area (Å²) in [4.78, 5) is 25.0. The third-order valence-corrected chi connectivity index (χ3v) is 14.9. The molecular formula is C56H73N9O9. The molecule has 6 heterocycles. The zero-order valence-corrected chi connectivity index (χ0v) is 42.5. The van der Waals surface area contributed by atoms with Gasteiger partial charge in [0.15, 0.2) is 29.0 Å². The lowest BCUT2D eigenvalue weighted by Crippen LogP contribution is -2.70. The maximum absolute atomic E-state index is 12.3. The number of aliphatic hydroxyl groups is 1. The number of aryl methyl sites for hydroxylation is 2. The number of ether oxygens (including phenoxy) is 4. The number of guanidine groups is 1. The first-order chi connectivity index (χ1) is 36.0. The van der Waals surface area contributed by atoms with Crippen molar-refractivity contribution in [3.05, 3.63) is 119 Å². The van der Waals surface area contributed by atoms with Gasteiger partial charge < -0.3 is 75.9 Å². The molecule has 1 saturated carbocycles. The van der Waals surface area contributed by atoms with E-state index in [-0.39, 0.29) is 66.5 Å². The number of carbonyl (C=O) groups excluding carboxylic acids is 1. The highest BCUT2D eigenvalue weighted by molar-refractivity contribution is 5.84. The summed E-state index contributed by atoms with van der Waals surface area (Å²) in [5, 5.41) is 58.4. The fourth-order valence-corrected chi connectivity index (χ4v) is 11.5. The Morgan fingerprint density at radius 1 is 1.03 bits per heavy atom. The number of phenols is 3. The number of hydrogen-bond acceptors (Lipinski definition) is 14. The van der Waals surface area contributed by atoms with Crippen LogP contribution in [0.2, 0.25) is 0 Å². The summed E-state index contributed by atoms with van der Waals surface area (Å²) in [5.41, 5.74) is 11.5. The van der Waals surface area contributed by atoms with Crippen molar-refractivity contribution >= 4 is 22.8 Å². The Kier molecular flexibility index (Phi) is 16.8. The van der Waals surface area contributed by atoms with Gasteiger partial charge in [-0.05, 0) is 130 Å². The van der Waals surface area contributed by atoms with Gasteiger partial charge in [0.2, 0.25) is 5.75 Å². The first-order valence-corrected chi connectivity index (χ1v) is 26.3. The van der Waals surface area contributed by atoms with E-state index in [4.69, 9.17) is 29.7 Å². The van der Waals surface area contributed by atoms with E-state index in [1.807, 2.05) is 43.6 Å². The van der Waals surface area contributed by atoms with Gasteiger partial charge in [-0.3, -0.25) is 14.8 Å². The maximum atomic E-state index is 12.3. The molecule has 2 saturated heterocycles. The van der Waals surface area contributed by atoms with Crippen LogP contribution in [0, 0.1) is 5.92 Å². The Hall–Kier alpha value is -6.89. The van der Waals surface area contributed by atoms with Crippen molar-refractivity contribution in [1.29, 1.82) is 0 Å². The Morgan fingerprint density at radius 2 is 1.92 bits per heavy atom. The lowest BCUT2D eigenvalue weighted by atomic mass is 9.69. The number of aliphatic imine (C=N–C) groups is 1. The topological polar surface area (TPSA) is 255 Å². The van der Waals surface area contributed by atoms with Crippen LogP contribution in [0.15, 0.2) is 102 Å². The second-order valence-electron chi connectivity index (χ2n) is 20.2. The second-order valence-corrected chi connectivity index (χ2v) is 20.2. The van der Waals surface area contributed by atoms with Crippen LogP contribution in [-0.4, -0.2) is 111 Å². The molecule has 1 aliphatic carbocycles. The van der Waals surface area contributed by atoms with Gasteiger partial charge in [-0.1, -0.05) is 18.2 Å². The van der Waals surface area contributed by atoms with E-state index in [1.54, 1.807) is 24.5 Å². The summed E-state index contributed by atoms with van der Waals surface area (Å²) in [5.74, 6) is 0.977. The fraction of sp³-hybridized carbons (Fsp3) is 0.482. The number of aromatic amines is 1. The number of dihydropyridines is 1. The van der Waals surface area contributed by atoms with Crippen molar-refractivity contribution in [2.24, 2.45) is 16.6 Å². The molecule has 396 valence electrons. The zero-order chi connectivity index (χ0) is 51.6. The molecule has 0 bridgehead atoms. The van der Waals surface area contributed by atoms with E-state index in [2.05, 4.69) is 54.1 Å². The molecule has 18 nitrogen and oxygen atoms in total. The Morgan fingerprint density at radius 3 is 2.73 bits per heavy atom. The van der Waals surface area contributed by atoms with Gasteiger partial charge in [-0.2, -0.15) is 0 Å². The van der Waals surface area contributed by atoms with Crippen molar-refractivity contribution in [3.8, 4) is 28.7 Å². The van der Waals surface area contributed by atoms with E-state index in [1.165, 1.54) is 18.6 Å². The summed E-state index contributed by atoms with van der Waals surface area (Å²) in [7, 11) is 1.99. The highest BCUT2D eigenvalue weighted by atomic mass is 16.6. The number of allylic oxidation sites excluding steroid dienone is 2. The Labute approximate surface area is 432 Å². The molecule has 0 radical (unpaired) electrons. The highest BCUT2D eigenvalue weighted by Gasteiger charge is 2.51. The number of nitrogens with zero attached hydrogens (tertiary/aromatic N) is 3. The SMILES string of the molecule is CNC[C@H]1[C@H](n2cc3[nH]ccc3c2CCCO)NC(=NCCCC2=CCNC(N)=C2)N[C@@]12CCC[C@H](Oc1cc(CC[C@H]3C[C@@H](OC(C)=O)C[C@@H](c4cc(O)c(O)c(OCCc5cccnc5)c4)O3)ccc1O)C2. The van der Waals surface area contributed by atoms with E-state index < -0.39 is 17.7 Å². The third-order valence-electron chi connectivity index (χ3n) is 14.9. The number of carbonyl (C=O) groups is 1. The molecule has 3 aromatic heterocycles. The molecule has 2 aromatic carbocycles. The molecule has 74 heavy (non-hydrogen) atoms. The average molecular weight is 1020 g/mol. The molecular weight excluding hydrogens is 943 g/mol. The number of fused-ring (bicyclic) bond motifs is 1. The number of aliphatic hydroxyl groups excluding tert-OH is 1. The number of nitrogens with one attached hydrogen (secondary N) is 5. The van der Waals surface area contributed by atoms with Gasteiger partial charge in [0.25, 0.3) is 0 Å². The predicted molar refractivity (Wildman–Crippen MR) is 282 cm³/mol. The van der Waals surface area contributed by atoms with Gasteiger partial charge in [0, 0.05) is 101 Å². The van der Waals surface area contributed by atoms with Crippen molar-refractivity contribution < 1.29 is 44.2 Å². The number of nitrogens with two attached hydrogens (primary N) is 1. The van der Waals surface area contributed by atoms with Gasteiger partial charge in [0.05, 0.1) is 35.7 Å². The summed E-state index contributed by atoms with van der Waals surface area (Å²) in [6.07, 6.45) is 18.9. The van der Waals surface area contributed by atoms with Crippen molar-refractivity contribution in [1.82, 2.24) is 35.8 Å². The number of aromatic hydroxyl groups is 3. The molecule has 9 rings (SSSR count). The fourth-order valence-electron chi connectivity index (χ4n) is 11.5. The van der Waals surface area contributed by atoms with Gasteiger partial charge >= 0.3 is 5.97 Å². The standard InChI is InChI=1S/C56H73N9O9/c1-35(67)72-42-29-40(73-49(30-42)39-27-48(69)53(70)51(28-39)71-24-17-38-8-4-19-59-32-38)13-11-37-12-14-47(68)50(25-37)74-41-9-3-18-56(31-41)44(33-58-2)54(65-34-45-43(16-22-60-45)46(65)10-6-23-66)63-55(64-56)62-20-5-7-36-15-21-61-52(57)26-36/h4,8,12,14-16,19,22,25-28,32,34,40-42,44,49,54,58,60-61,66,68-70H,3,5-7,9-11,13,17-18,20-21,23-24,29-31,33,57H2,1-2H3,(H2,62,63,64)/t40-,41-,42+,44-,49-,54-,56+/m0/s1. The van der Waals surface area contributed by atoms with Crippen molar-refractivity contribution in [3.63, 3.8) is 0 Å². The van der Waals surface area contributed by atoms with Crippen molar-refractivity contribution in [2.75, 3.05) is 39.9 Å². The smallest absolute Gasteiger partial charge is 0.302 e. The largest absolute Gasteiger partial charge is 0.504 e. The first-order valence-electron chi connectivity index (χ1n) is 26.3. The van der Waals surface area contributed by atoms with Crippen LogP contribution in [0.4, 0.5) is 0 Å². The normalized spacial score (nSPS) is 24.4. The molecule has 1 spiro atoms. The summed E-state index contributed by atoms with van der Waals surface area (Å²) in [6, 6.07) is 14.5. The summed E-state index contributed by atoms with van der Waals surface area (Å²) >= 11 is 0. The Balaban J connectivity index is 0.912. The number of hydrogen-bond donors (Lipinski definition) is 10. The van der Waals surface area contributed by atoms with Gasteiger partial charge in [0.1, 0.15) is 18.4 Å². The Bertz CT molecular complexity index is 2790. The van der Waals surface area contributed by atoms with Gasteiger partial charge in [-0.15, -0.1) is 0 Å². The lowest BCUT2D eigenvalue weighted by Gasteiger charge is -2.53. The molecule has 0 amide bonds. The highest BCUT2D eigenvalue weighted by Crippen LogP contribution is 2.45. The number of aromatic nitrogens is 3. The minimum atomic E-state index is -0.559. The third kappa shape index (κ3) is 12.5. The molecule has 0 unspecified atom stereocenters. The van der Waals surface area contributed by atoms with Crippen LogP contribution in [0.5, 0.6) is 28.7 Å². The zero-order valence-electron chi connectivity index (χ0n) is 42.5. The number of esters is 1. The molecule has 7 atom stereocenters. The molecule has 3 aliphatic heterocycles. The predicted octanol–water partition coefficient (Wildman–Crippen LogP) is 6.57. The van der Waals surface area contributed by atoms with E-state index in [0.717, 1.165) is 72.3 Å². The molecule has 3 fully saturated rings.